The number of aliphatic hydroxyl groups is 1. The van der Waals surface area contributed by atoms with Gasteiger partial charge in [-0.15, -0.1) is 0 Å². The Balaban J connectivity index is 2.16. The van der Waals surface area contributed by atoms with Crippen molar-refractivity contribution in [3.05, 3.63) is 0 Å². The Morgan fingerprint density at radius 2 is 2.05 bits per heavy atom. The molecule has 0 aliphatic heterocycles. The topological polar surface area (TPSA) is 44.7 Å². The van der Waals surface area contributed by atoms with Crippen molar-refractivity contribution in [3.8, 4) is 0 Å². The van der Waals surface area contributed by atoms with Crippen molar-refractivity contribution in [2.75, 3.05) is 40.0 Å². The molecule has 0 aromatic heterocycles. The van der Waals surface area contributed by atoms with Crippen LogP contribution in [0.1, 0.15) is 46.0 Å². The van der Waals surface area contributed by atoms with E-state index in [1.807, 2.05) is 0 Å². The van der Waals surface area contributed by atoms with Crippen LogP contribution < -0.4 is 5.32 Å². The highest BCUT2D eigenvalue weighted by atomic mass is 16.5. The largest absolute Gasteiger partial charge is 0.394 e. The number of nitrogens with zero attached hydrogens (tertiary/aromatic N) is 1. The Bertz CT molecular complexity index is 234. The molecular weight excluding hydrogens is 240 g/mol. The summed E-state index contributed by atoms with van der Waals surface area (Å²) in [5.74, 6) is 0. The van der Waals surface area contributed by atoms with E-state index < -0.39 is 0 Å². The summed E-state index contributed by atoms with van der Waals surface area (Å²) in [6.07, 6.45) is 6.13. The Morgan fingerprint density at radius 1 is 1.32 bits per heavy atom. The molecule has 1 saturated carbocycles. The van der Waals surface area contributed by atoms with Crippen LogP contribution in [0.4, 0.5) is 0 Å². The molecule has 4 nitrogen and oxygen atoms in total. The van der Waals surface area contributed by atoms with Crippen LogP contribution >= 0.6 is 0 Å². The van der Waals surface area contributed by atoms with Gasteiger partial charge in [0.25, 0.3) is 0 Å². The maximum atomic E-state index is 9.45. The molecule has 114 valence electrons. The molecule has 0 saturated heterocycles. The van der Waals surface area contributed by atoms with Crippen molar-refractivity contribution < 1.29 is 9.84 Å². The normalized spacial score (nSPS) is 18.8. The monoisotopic (exact) mass is 272 g/mol. The number of hydrogen-bond acceptors (Lipinski definition) is 4. The summed E-state index contributed by atoms with van der Waals surface area (Å²) in [6, 6.07) is 0.813. The van der Waals surface area contributed by atoms with Crippen LogP contribution in [-0.4, -0.2) is 61.5 Å². The molecule has 0 amide bonds. The molecule has 1 rings (SSSR count). The van der Waals surface area contributed by atoms with E-state index in [4.69, 9.17) is 4.74 Å². The van der Waals surface area contributed by atoms with Crippen molar-refractivity contribution in [2.24, 2.45) is 0 Å². The maximum Gasteiger partial charge on any atom is 0.0610 e. The third-order valence-electron chi connectivity index (χ3n) is 4.02. The van der Waals surface area contributed by atoms with Gasteiger partial charge in [0.15, 0.2) is 0 Å². The molecule has 1 atom stereocenters. The number of aliphatic hydroxyl groups excluding tert-OH is 1. The third kappa shape index (κ3) is 6.70. The predicted octanol–water partition coefficient (Wildman–Crippen LogP) is 1.63. The first-order valence-electron chi connectivity index (χ1n) is 7.74. The molecule has 1 fully saturated rings. The predicted molar refractivity (Wildman–Crippen MR) is 79.5 cm³/mol. The number of nitrogens with one attached hydrogen (secondary N) is 1. The fourth-order valence-corrected chi connectivity index (χ4v) is 2.61. The highest BCUT2D eigenvalue weighted by Crippen LogP contribution is 2.27. The summed E-state index contributed by atoms with van der Waals surface area (Å²) in [6.45, 7) is 8.40. The fourth-order valence-electron chi connectivity index (χ4n) is 2.61. The number of ether oxygens (including phenoxy) is 1. The lowest BCUT2D eigenvalue weighted by Crippen LogP contribution is -2.45. The highest BCUT2D eigenvalue weighted by molar-refractivity contribution is 4.85. The number of unbranched alkanes of at least 4 members (excludes halogenated alkanes) is 1. The Hall–Kier alpha value is -0.160. The van der Waals surface area contributed by atoms with Crippen LogP contribution in [0, 0.1) is 0 Å². The third-order valence-corrected chi connectivity index (χ3v) is 4.02. The van der Waals surface area contributed by atoms with Gasteiger partial charge in [-0.25, -0.2) is 0 Å². The molecule has 0 aromatic carbocycles. The summed E-state index contributed by atoms with van der Waals surface area (Å²) in [5.41, 5.74) is -0.105. The first kappa shape index (κ1) is 16.9. The fraction of sp³-hybridized carbons (Fsp3) is 1.00. The van der Waals surface area contributed by atoms with Crippen LogP contribution in [0.3, 0.4) is 0 Å². The number of hydrogen-bond donors (Lipinski definition) is 2. The van der Waals surface area contributed by atoms with Gasteiger partial charge >= 0.3 is 0 Å². The first-order chi connectivity index (χ1) is 9.15. The maximum absolute atomic E-state index is 9.45. The average molecular weight is 272 g/mol. The second-order valence-corrected chi connectivity index (χ2v) is 5.97. The first-order valence-corrected chi connectivity index (χ1v) is 7.74. The zero-order valence-electron chi connectivity index (χ0n) is 13.0. The summed E-state index contributed by atoms with van der Waals surface area (Å²) in [4.78, 5) is 2.56. The van der Waals surface area contributed by atoms with E-state index in [-0.39, 0.29) is 12.1 Å². The molecule has 0 spiro atoms. The molecule has 1 aliphatic carbocycles. The second kappa shape index (κ2) is 8.90. The van der Waals surface area contributed by atoms with Crippen molar-refractivity contribution in [2.45, 2.75) is 57.5 Å². The zero-order chi connectivity index (χ0) is 14.1. The summed E-state index contributed by atoms with van der Waals surface area (Å²) in [7, 11) is 1.77. The molecule has 0 heterocycles. The van der Waals surface area contributed by atoms with Crippen LogP contribution in [0.25, 0.3) is 0 Å². The smallest absolute Gasteiger partial charge is 0.0610 e. The summed E-state index contributed by atoms with van der Waals surface area (Å²) < 4.78 is 5.18. The minimum atomic E-state index is -0.105. The zero-order valence-corrected chi connectivity index (χ0v) is 13.0. The average Bonchev–Trinajstić information content (AvgIpc) is 3.23. The van der Waals surface area contributed by atoms with Gasteiger partial charge in [0.05, 0.1) is 13.2 Å². The molecule has 0 radical (unpaired) electrons. The van der Waals surface area contributed by atoms with E-state index in [0.717, 1.165) is 32.2 Å². The van der Waals surface area contributed by atoms with Gasteiger partial charge in [0.2, 0.25) is 0 Å². The highest BCUT2D eigenvalue weighted by Gasteiger charge is 2.28. The van der Waals surface area contributed by atoms with Gasteiger partial charge < -0.3 is 15.2 Å². The lowest BCUT2D eigenvalue weighted by Gasteiger charge is -2.29. The van der Waals surface area contributed by atoms with Gasteiger partial charge in [0.1, 0.15) is 0 Å². The van der Waals surface area contributed by atoms with E-state index in [9.17, 15) is 5.11 Å². The van der Waals surface area contributed by atoms with Crippen LogP contribution in [-0.2, 0) is 4.74 Å². The van der Waals surface area contributed by atoms with Gasteiger partial charge in [-0.05, 0) is 45.7 Å². The van der Waals surface area contributed by atoms with E-state index in [2.05, 4.69) is 24.1 Å². The van der Waals surface area contributed by atoms with Crippen molar-refractivity contribution in [1.82, 2.24) is 10.2 Å². The van der Waals surface area contributed by atoms with Gasteiger partial charge in [-0.1, -0.05) is 13.3 Å². The summed E-state index contributed by atoms with van der Waals surface area (Å²) in [5, 5.41) is 12.8. The molecule has 0 bridgehead atoms. The van der Waals surface area contributed by atoms with Crippen LogP contribution in [0.2, 0.25) is 0 Å². The molecule has 2 N–H and O–H groups in total. The Morgan fingerprint density at radius 3 is 2.58 bits per heavy atom. The van der Waals surface area contributed by atoms with E-state index in [1.54, 1.807) is 7.11 Å². The minimum absolute atomic E-state index is 0.105. The molecule has 19 heavy (non-hydrogen) atoms. The number of methoxy groups -OCH3 is 1. The van der Waals surface area contributed by atoms with Gasteiger partial charge in [0, 0.05) is 25.2 Å². The van der Waals surface area contributed by atoms with Gasteiger partial charge in [-0.3, -0.25) is 4.90 Å². The van der Waals surface area contributed by atoms with E-state index in [1.165, 1.54) is 32.2 Å². The molecular formula is C15H32N2O2. The van der Waals surface area contributed by atoms with Crippen LogP contribution in [0.5, 0.6) is 0 Å². The van der Waals surface area contributed by atoms with Gasteiger partial charge in [-0.2, -0.15) is 0 Å². The van der Waals surface area contributed by atoms with E-state index in [0.29, 0.717) is 0 Å². The molecule has 1 aliphatic rings. The van der Waals surface area contributed by atoms with Crippen molar-refractivity contribution >= 4 is 0 Å². The van der Waals surface area contributed by atoms with E-state index >= 15 is 0 Å². The van der Waals surface area contributed by atoms with Crippen LogP contribution in [0.15, 0.2) is 0 Å². The second-order valence-electron chi connectivity index (χ2n) is 5.97. The number of rotatable bonds is 12. The Labute approximate surface area is 118 Å². The molecule has 4 heteroatoms. The number of likely N-dealkylation sites (N-methyl/N-ethyl adjacent to an activating group) is 1. The van der Waals surface area contributed by atoms with Crippen molar-refractivity contribution in [3.63, 3.8) is 0 Å². The molecule has 1 unspecified atom stereocenters. The standard InChI is InChI=1S/C15H32N2O2/c1-4-16-15(2,13-18)9-5-6-10-17(11-12-19-3)14-7-8-14/h14,16,18H,4-13H2,1-3H3. The lowest BCUT2D eigenvalue weighted by molar-refractivity contribution is 0.138. The SMILES string of the molecule is CCNC(C)(CO)CCCCN(CCOC)C1CC1. The molecule has 0 aromatic rings. The Kier molecular flexibility index (Phi) is 7.91. The minimum Gasteiger partial charge on any atom is -0.394 e. The lowest BCUT2D eigenvalue weighted by atomic mass is 9.95. The quantitative estimate of drug-likeness (QED) is 0.530. The van der Waals surface area contributed by atoms with Crippen molar-refractivity contribution in [1.29, 1.82) is 0 Å². The summed E-state index contributed by atoms with van der Waals surface area (Å²) >= 11 is 0.